The summed E-state index contributed by atoms with van der Waals surface area (Å²) >= 11 is 1.46. The molecule has 7 nitrogen and oxygen atoms in total. The van der Waals surface area contributed by atoms with Gasteiger partial charge in [-0.15, -0.1) is 0 Å². The molecule has 1 amide bonds. The smallest absolute Gasteiger partial charge is 0.223 e. The third-order valence-electron chi connectivity index (χ3n) is 5.36. The number of rotatable bonds is 5. The van der Waals surface area contributed by atoms with Crippen LogP contribution in [0.4, 0.5) is 5.13 Å². The number of aromatic nitrogens is 4. The molecule has 0 atom stereocenters. The van der Waals surface area contributed by atoms with E-state index in [-0.39, 0.29) is 5.91 Å². The summed E-state index contributed by atoms with van der Waals surface area (Å²) in [6, 6.07) is 9.79. The Labute approximate surface area is 190 Å². The minimum Gasteiger partial charge on any atom is -0.380 e. The Balaban J connectivity index is 1.72. The van der Waals surface area contributed by atoms with Crippen LogP contribution in [0.2, 0.25) is 0 Å². The number of aryl methyl sites for hydroxylation is 1. The Bertz CT molecular complexity index is 1320. The van der Waals surface area contributed by atoms with Crippen LogP contribution < -0.4 is 10.8 Å². The van der Waals surface area contributed by atoms with Gasteiger partial charge < -0.3 is 10.1 Å². The van der Waals surface area contributed by atoms with Gasteiger partial charge in [-0.1, -0.05) is 28.9 Å². The number of hydrogen-bond donors (Lipinski definition) is 1. The Morgan fingerprint density at radius 1 is 1.31 bits per heavy atom. The van der Waals surface area contributed by atoms with E-state index in [2.05, 4.69) is 15.3 Å². The predicted molar refractivity (Wildman–Crippen MR) is 126 cm³/mol. The molecule has 0 spiro atoms. The van der Waals surface area contributed by atoms with Crippen molar-refractivity contribution in [3.05, 3.63) is 59.5 Å². The highest BCUT2D eigenvalue weighted by molar-refractivity contribution is 7.19. The van der Waals surface area contributed by atoms with Crippen molar-refractivity contribution in [2.24, 2.45) is 0 Å². The second kappa shape index (κ2) is 8.33. The molecule has 2 radical (unpaired) electrons. The van der Waals surface area contributed by atoms with Gasteiger partial charge in [0.1, 0.15) is 7.85 Å². The number of anilines is 1. The molecule has 0 saturated heterocycles. The summed E-state index contributed by atoms with van der Waals surface area (Å²) in [5.74, 6) is -0.140. The first-order valence-electron chi connectivity index (χ1n) is 10.2. The van der Waals surface area contributed by atoms with Gasteiger partial charge in [0.2, 0.25) is 5.91 Å². The highest BCUT2D eigenvalue weighted by atomic mass is 32.1. The van der Waals surface area contributed by atoms with Gasteiger partial charge in [0, 0.05) is 37.6 Å². The number of methoxy groups -OCH3 is 1. The highest BCUT2D eigenvalue weighted by Crippen LogP contribution is 2.43. The minimum atomic E-state index is -0.140. The average molecular weight is 441 g/mol. The summed E-state index contributed by atoms with van der Waals surface area (Å²) in [7, 11) is 8.12. The number of pyridine rings is 1. The highest BCUT2D eigenvalue weighted by Gasteiger charge is 2.30. The van der Waals surface area contributed by atoms with Crippen molar-refractivity contribution < 1.29 is 9.53 Å². The van der Waals surface area contributed by atoms with Crippen molar-refractivity contribution in [3.63, 3.8) is 0 Å². The molecule has 0 unspecified atom stereocenters. The van der Waals surface area contributed by atoms with Gasteiger partial charge in [0.05, 0.1) is 34.3 Å². The second-order valence-electron chi connectivity index (χ2n) is 7.63. The Morgan fingerprint density at radius 3 is 2.91 bits per heavy atom. The van der Waals surface area contributed by atoms with Crippen LogP contribution in [0.5, 0.6) is 0 Å². The molecule has 3 heterocycles. The fourth-order valence-corrected chi connectivity index (χ4v) is 5.15. The zero-order valence-electron chi connectivity index (χ0n) is 17.8. The molecule has 1 aliphatic carbocycles. The molecule has 0 bridgehead atoms. The largest absolute Gasteiger partial charge is 0.380 e. The molecular weight excluding hydrogens is 421 g/mol. The van der Waals surface area contributed by atoms with Gasteiger partial charge in [-0.05, 0) is 36.6 Å². The van der Waals surface area contributed by atoms with Gasteiger partial charge in [0.25, 0.3) is 0 Å². The molecular formula is C23H20BN5O2S. The molecule has 1 N–H and O–H groups in total. The molecule has 0 fully saturated rings. The van der Waals surface area contributed by atoms with E-state index in [1.165, 1.54) is 18.3 Å². The number of carbonyl (C=O) groups excluding carboxylic acids is 1. The zero-order chi connectivity index (χ0) is 22.2. The standard InChI is InChI=1S/C23H20BN5O2S/c1-13(30)26-23-27-18-7-6-16-20(15-4-3-9-25-11-15)28-29(21(16)22(18)32-23)19-8-5-14(12-31-2)10-17(19)24/h3-5,8-11H,6-7,12H2,1-2H3,(H,26,27,30). The summed E-state index contributed by atoms with van der Waals surface area (Å²) < 4.78 is 7.14. The van der Waals surface area contributed by atoms with Gasteiger partial charge in [0.15, 0.2) is 5.13 Å². The summed E-state index contributed by atoms with van der Waals surface area (Å²) in [6.07, 6.45) is 5.14. The van der Waals surface area contributed by atoms with E-state index in [0.29, 0.717) is 17.2 Å². The molecule has 32 heavy (non-hydrogen) atoms. The van der Waals surface area contributed by atoms with Gasteiger partial charge in [-0.2, -0.15) is 5.10 Å². The summed E-state index contributed by atoms with van der Waals surface area (Å²) in [6.45, 7) is 1.97. The zero-order valence-corrected chi connectivity index (χ0v) is 18.6. The van der Waals surface area contributed by atoms with E-state index in [0.717, 1.165) is 57.2 Å². The van der Waals surface area contributed by atoms with Crippen LogP contribution in [0.3, 0.4) is 0 Å². The van der Waals surface area contributed by atoms with Crippen LogP contribution in [0, 0.1) is 0 Å². The molecule has 4 aromatic rings. The first-order chi connectivity index (χ1) is 15.5. The lowest BCUT2D eigenvalue weighted by Crippen LogP contribution is -2.16. The van der Waals surface area contributed by atoms with Crippen molar-refractivity contribution in [2.45, 2.75) is 26.4 Å². The average Bonchev–Trinajstić information content (AvgIpc) is 3.35. The van der Waals surface area contributed by atoms with Crippen LogP contribution in [0.25, 0.3) is 27.5 Å². The van der Waals surface area contributed by atoms with E-state index < -0.39 is 0 Å². The molecule has 1 aliphatic rings. The second-order valence-corrected chi connectivity index (χ2v) is 8.63. The Morgan fingerprint density at radius 2 is 2.19 bits per heavy atom. The van der Waals surface area contributed by atoms with Gasteiger partial charge >= 0.3 is 0 Å². The van der Waals surface area contributed by atoms with E-state index in [1.54, 1.807) is 13.3 Å². The first kappa shape index (κ1) is 20.6. The lowest BCUT2D eigenvalue weighted by Gasteiger charge is -2.16. The lowest BCUT2D eigenvalue weighted by molar-refractivity contribution is -0.114. The number of hydrogen-bond acceptors (Lipinski definition) is 6. The van der Waals surface area contributed by atoms with Crippen molar-refractivity contribution >= 4 is 35.7 Å². The molecule has 3 aromatic heterocycles. The van der Waals surface area contributed by atoms with Crippen molar-refractivity contribution in [1.29, 1.82) is 0 Å². The molecule has 9 heteroatoms. The number of benzene rings is 1. The molecule has 5 rings (SSSR count). The summed E-state index contributed by atoms with van der Waals surface area (Å²) in [5.41, 5.74) is 7.28. The number of nitrogens with one attached hydrogen (secondary N) is 1. The maximum Gasteiger partial charge on any atom is 0.223 e. The maximum atomic E-state index is 11.6. The summed E-state index contributed by atoms with van der Waals surface area (Å²) in [5, 5.41) is 8.40. The quantitative estimate of drug-likeness (QED) is 0.482. The lowest BCUT2D eigenvalue weighted by atomic mass is 9.91. The maximum absolute atomic E-state index is 11.6. The van der Waals surface area contributed by atoms with E-state index >= 15 is 0 Å². The van der Waals surface area contributed by atoms with E-state index in [4.69, 9.17) is 17.7 Å². The van der Waals surface area contributed by atoms with Crippen molar-refractivity contribution in [2.75, 3.05) is 12.4 Å². The number of amides is 1. The van der Waals surface area contributed by atoms with Crippen molar-refractivity contribution in [3.8, 4) is 27.5 Å². The summed E-state index contributed by atoms with van der Waals surface area (Å²) in [4.78, 5) is 21.5. The number of thiazole rings is 1. The Hall–Kier alpha value is -3.30. The molecule has 1 aromatic carbocycles. The van der Waals surface area contributed by atoms with Crippen LogP contribution in [0.1, 0.15) is 23.7 Å². The van der Waals surface area contributed by atoms with E-state index in [9.17, 15) is 4.79 Å². The van der Waals surface area contributed by atoms with Crippen LogP contribution in [0.15, 0.2) is 42.7 Å². The molecule has 158 valence electrons. The predicted octanol–water partition coefficient (Wildman–Crippen LogP) is 3.06. The first-order valence-corrected chi connectivity index (χ1v) is 11.0. The number of fused-ring (bicyclic) bond motifs is 3. The topological polar surface area (TPSA) is 81.9 Å². The van der Waals surface area contributed by atoms with Gasteiger partial charge in [-0.3, -0.25) is 9.78 Å². The normalized spacial score (nSPS) is 12.3. The third kappa shape index (κ3) is 3.63. The monoisotopic (exact) mass is 441 g/mol. The van der Waals surface area contributed by atoms with Crippen LogP contribution in [-0.2, 0) is 29.0 Å². The number of carbonyl (C=O) groups is 1. The SMILES string of the molecule is [B]c1cc(COC)ccc1-n1nc(-c2cccnc2)c2c1-c1sc(NC(C)=O)nc1CC2. The third-order valence-corrected chi connectivity index (χ3v) is 6.38. The molecule has 0 aliphatic heterocycles. The van der Waals surface area contributed by atoms with Gasteiger partial charge in [-0.25, -0.2) is 9.67 Å². The van der Waals surface area contributed by atoms with Crippen molar-refractivity contribution in [1.82, 2.24) is 19.7 Å². The number of ether oxygens (including phenoxy) is 1. The number of nitrogens with zero attached hydrogens (tertiary/aromatic N) is 4. The molecule has 0 saturated carbocycles. The fourth-order valence-electron chi connectivity index (χ4n) is 4.04. The van der Waals surface area contributed by atoms with Crippen LogP contribution >= 0.6 is 11.3 Å². The minimum absolute atomic E-state index is 0.140. The fraction of sp³-hybridized carbons (Fsp3) is 0.217. The van der Waals surface area contributed by atoms with Crippen LogP contribution in [-0.4, -0.2) is 40.6 Å². The Kier molecular flexibility index (Phi) is 5.36. The van der Waals surface area contributed by atoms with E-state index in [1.807, 2.05) is 41.2 Å².